The van der Waals surface area contributed by atoms with Gasteiger partial charge in [-0.15, -0.1) is 0 Å². The highest BCUT2D eigenvalue weighted by Crippen LogP contribution is 2.25. The van der Waals surface area contributed by atoms with Gasteiger partial charge in [0.2, 0.25) is 0 Å². The molecule has 0 saturated heterocycles. The molecule has 0 fully saturated rings. The highest BCUT2D eigenvalue weighted by molar-refractivity contribution is 9.09. The monoisotopic (exact) mass is 352 g/mol. The van der Waals surface area contributed by atoms with Crippen molar-refractivity contribution in [2.45, 2.75) is 77.8 Å². The van der Waals surface area contributed by atoms with Gasteiger partial charge < -0.3 is 8.85 Å². The van der Waals surface area contributed by atoms with E-state index in [1.165, 1.54) is 38.1 Å². The molecule has 0 aliphatic rings. The van der Waals surface area contributed by atoms with Gasteiger partial charge in [-0.1, -0.05) is 62.4 Å². The average molecular weight is 353 g/mol. The SMILES string of the molecule is CCCO[Si](CCC)(CCCCCCBr)OCCC. The normalized spacial score (nSPS) is 12.0. The van der Waals surface area contributed by atoms with Crippen molar-refractivity contribution in [1.82, 2.24) is 0 Å². The van der Waals surface area contributed by atoms with Crippen molar-refractivity contribution in [3.63, 3.8) is 0 Å². The summed E-state index contributed by atoms with van der Waals surface area (Å²) in [7, 11) is -1.91. The van der Waals surface area contributed by atoms with Gasteiger partial charge in [0.25, 0.3) is 0 Å². The van der Waals surface area contributed by atoms with Crippen LogP contribution in [0.4, 0.5) is 0 Å². The predicted octanol–water partition coefficient (Wildman–Crippen LogP) is 5.65. The van der Waals surface area contributed by atoms with E-state index in [9.17, 15) is 0 Å². The fraction of sp³-hybridized carbons (Fsp3) is 1.00. The Hall–Kier alpha value is 0.617. The van der Waals surface area contributed by atoms with Gasteiger partial charge in [0, 0.05) is 18.5 Å². The molecule has 0 aliphatic carbocycles. The molecule has 0 aromatic heterocycles. The van der Waals surface area contributed by atoms with Crippen LogP contribution in [0.5, 0.6) is 0 Å². The molecular weight excluding hydrogens is 320 g/mol. The van der Waals surface area contributed by atoms with Crippen molar-refractivity contribution < 1.29 is 8.85 Å². The lowest BCUT2D eigenvalue weighted by Gasteiger charge is -2.30. The van der Waals surface area contributed by atoms with Gasteiger partial charge in [-0.25, -0.2) is 0 Å². The van der Waals surface area contributed by atoms with Crippen LogP contribution < -0.4 is 0 Å². The van der Waals surface area contributed by atoms with Crippen molar-refractivity contribution in [3.8, 4) is 0 Å². The lowest BCUT2D eigenvalue weighted by atomic mass is 10.2. The molecule has 0 heterocycles. The average Bonchev–Trinajstić information content (AvgIpc) is 2.43. The zero-order valence-electron chi connectivity index (χ0n) is 13.2. The summed E-state index contributed by atoms with van der Waals surface area (Å²) in [5.41, 5.74) is 0. The summed E-state index contributed by atoms with van der Waals surface area (Å²) in [6, 6.07) is 2.34. The van der Waals surface area contributed by atoms with Crippen molar-refractivity contribution in [3.05, 3.63) is 0 Å². The number of unbranched alkanes of at least 4 members (excludes halogenated alkanes) is 3. The minimum atomic E-state index is -1.91. The Morgan fingerprint density at radius 2 is 1.32 bits per heavy atom. The maximum Gasteiger partial charge on any atom is 0.338 e. The molecule has 19 heavy (non-hydrogen) atoms. The van der Waals surface area contributed by atoms with Crippen LogP contribution >= 0.6 is 15.9 Å². The molecule has 0 aromatic rings. The van der Waals surface area contributed by atoms with Crippen LogP contribution in [0, 0.1) is 0 Å². The first-order valence-electron chi connectivity index (χ1n) is 8.08. The zero-order valence-corrected chi connectivity index (χ0v) is 15.8. The number of rotatable bonds is 14. The summed E-state index contributed by atoms with van der Waals surface area (Å²) in [6.07, 6.45) is 8.56. The third-order valence-corrected chi connectivity index (χ3v) is 7.61. The van der Waals surface area contributed by atoms with E-state index in [1.807, 2.05) is 0 Å². The van der Waals surface area contributed by atoms with Crippen LogP contribution in [-0.4, -0.2) is 27.1 Å². The lowest BCUT2D eigenvalue weighted by Crippen LogP contribution is -2.42. The molecule has 0 radical (unpaired) electrons. The summed E-state index contributed by atoms with van der Waals surface area (Å²) in [5, 5.41) is 1.13. The highest BCUT2D eigenvalue weighted by atomic mass is 79.9. The molecule has 4 heteroatoms. The minimum Gasteiger partial charge on any atom is -0.394 e. The van der Waals surface area contributed by atoms with E-state index >= 15 is 0 Å². The molecule has 0 saturated carbocycles. The van der Waals surface area contributed by atoms with E-state index in [1.54, 1.807) is 0 Å². The minimum absolute atomic E-state index is 0.872. The maximum absolute atomic E-state index is 6.24. The van der Waals surface area contributed by atoms with Crippen LogP contribution in [0.2, 0.25) is 12.1 Å². The molecule has 0 N–H and O–H groups in total. The van der Waals surface area contributed by atoms with Gasteiger partial charge >= 0.3 is 8.56 Å². The largest absolute Gasteiger partial charge is 0.394 e. The van der Waals surface area contributed by atoms with Crippen LogP contribution in [-0.2, 0) is 8.85 Å². The molecule has 0 unspecified atom stereocenters. The smallest absolute Gasteiger partial charge is 0.338 e. The second-order valence-corrected chi connectivity index (χ2v) is 9.40. The number of hydrogen-bond donors (Lipinski definition) is 0. The lowest BCUT2D eigenvalue weighted by molar-refractivity contribution is 0.165. The topological polar surface area (TPSA) is 18.5 Å². The summed E-state index contributed by atoms with van der Waals surface area (Å²) in [5.74, 6) is 0. The van der Waals surface area contributed by atoms with Crippen molar-refractivity contribution in [2.24, 2.45) is 0 Å². The van der Waals surface area contributed by atoms with E-state index in [-0.39, 0.29) is 0 Å². The molecule has 0 atom stereocenters. The Morgan fingerprint density at radius 1 is 0.737 bits per heavy atom. The van der Waals surface area contributed by atoms with Crippen LogP contribution in [0.15, 0.2) is 0 Å². The van der Waals surface area contributed by atoms with E-state index in [4.69, 9.17) is 8.85 Å². The third kappa shape index (κ3) is 10.0. The van der Waals surface area contributed by atoms with Gasteiger partial charge in [0.15, 0.2) is 0 Å². The van der Waals surface area contributed by atoms with E-state index in [0.717, 1.165) is 37.4 Å². The Bertz CT molecular complexity index is 183. The number of alkyl halides is 1. The first-order valence-corrected chi connectivity index (χ1v) is 11.4. The van der Waals surface area contributed by atoms with Crippen molar-refractivity contribution in [1.29, 1.82) is 0 Å². The molecule has 2 nitrogen and oxygen atoms in total. The molecule has 0 amide bonds. The second kappa shape index (κ2) is 13.6. The molecule has 0 spiro atoms. The third-order valence-electron chi connectivity index (χ3n) is 3.21. The summed E-state index contributed by atoms with van der Waals surface area (Å²) in [6.45, 7) is 8.35. The molecule has 0 bridgehead atoms. The van der Waals surface area contributed by atoms with Crippen molar-refractivity contribution >= 4 is 24.5 Å². The quantitative estimate of drug-likeness (QED) is 0.228. The van der Waals surface area contributed by atoms with Crippen LogP contribution in [0.3, 0.4) is 0 Å². The molecule has 0 rings (SSSR count). The first-order chi connectivity index (χ1) is 9.24. The van der Waals surface area contributed by atoms with E-state index < -0.39 is 8.56 Å². The Balaban J connectivity index is 4.23. The fourth-order valence-corrected chi connectivity index (χ4v) is 6.26. The summed E-state index contributed by atoms with van der Waals surface area (Å²) >= 11 is 3.49. The number of hydrogen-bond acceptors (Lipinski definition) is 2. The number of halogens is 1. The summed E-state index contributed by atoms with van der Waals surface area (Å²) in [4.78, 5) is 0. The maximum atomic E-state index is 6.24. The molecule has 116 valence electrons. The van der Waals surface area contributed by atoms with E-state index in [0.29, 0.717) is 0 Å². The van der Waals surface area contributed by atoms with Crippen molar-refractivity contribution in [2.75, 3.05) is 18.5 Å². The van der Waals surface area contributed by atoms with E-state index in [2.05, 4.69) is 36.7 Å². The van der Waals surface area contributed by atoms with Gasteiger partial charge in [0.05, 0.1) is 0 Å². The summed E-state index contributed by atoms with van der Waals surface area (Å²) < 4.78 is 12.5. The standard InChI is InChI=1S/C15H33BrO2Si/c1-4-12-17-19(14-6-3,18-13-5-2)15-10-8-7-9-11-16/h4-15H2,1-3H3. The first kappa shape index (κ1) is 19.6. The fourth-order valence-electron chi connectivity index (χ4n) is 2.25. The molecular formula is C15H33BrO2Si. The highest BCUT2D eigenvalue weighted by Gasteiger charge is 2.35. The molecule has 0 aliphatic heterocycles. The Morgan fingerprint density at radius 3 is 1.79 bits per heavy atom. The second-order valence-electron chi connectivity index (χ2n) is 5.21. The Kier molecular flexibility index (Phi) is 14.0. The predicted molar refractivity (Wildman–Crippen MR) is 90.4 cm³/mol. The van der Waals surface area contributed by atoms with Gasteiger partial charge in [0.1, 0.15) is 0 Å². The van der Waals surface area contributed by atoms with Gasteiger partial charge in [-0.2, -0.15) is 0 Å². The van der Waals surface area contributed by atoms with Crippen LogP contribution in [0.1, 0.15) is 65.7 Å². The zero-order chi connectivity index (χ0) is 14.4. The van der Waals surface area contributed by atoms with Gasteiger partial charge in [-0.05, 0) is 31.4 Å². The molecule has 0 aromatic carbocycles. The van der Waals surface area contributed by atoms with Crippen LogP contribution in [0.25, 0.3) is 0 Å². The van der Waals surface area contributed by atoms with Gasteiger partial charge in [-0.3, -0.25) is 0 Å². The Labute approximate surface area is 130 Å².